The summed E-state index contributed by atoms with van der Waals surface area (Å²) in [6.07, 6.45) is 0.875. The van der Waals surface area contributed by atoms with Crippen molar-refractivity contribution in [1.82, 2.24) is 4.90 Å². The molecule has 34 heavy (non-hydrogen) atoms. The largest absolute Gasteiger partial charge is 0.507 e. The highest BCUT2D eigenvalue weighted by Crippen LogP contribution is 2.41. The highest BCUT2D eigenvalue weighted by atomic mass is 16.5. The van der Waals surface area contributed by atoms with E-state index in [9.17, 15) is 14.7 Å². The van der Waals surface area contributed by atoms with Gasteiger partial charge in [-0.3, -0.25) is 9.59 Å². The first kappa shape index (κ1) is 23.2. The van der Waals surface area contributed by atoms with Crippen LogP contribution in [0.25, 0.3) is 5.76 Å². The number of ketones is 1. The number of benzene rings is 2. The first-order valence-electron chi connectivity index (χ1n) is 11.1. The van der Waals surface area contributed by atoms with E-state index < -0.39 is 17.7 Å². The van der Waals surface area contributed by atoms with Crippen LogP contribution in [-0.2, 0) is 16.1 Å². The monoisotopic (exact) mass is 461 g/mol. The van der Waals surface area contributed by atoms with Gasteiger partial charge in [-0.15, -0.1) is 0 Å². The van der Waals surface area contributed by atoms with Crippen LogP contribution in [0.15, 0.2) is 70.7 Å². The summed E-state index contributed by atoms with van der Waals surface area (Å²) in [5.74, 6) is 0.551. The van der Waals surface area contributed by atoms with E-state index in [0.29, 0.717) is 35.2 Å². The third-order valence-corrected chi connectivity index (χ3v) is 5.70. The van der Waals surface area contributed by atoms with Crippen molar-refractivity contribution in [2.24, 2.45) is 0 Å². The number of amides is 1. The molecule has 2 heterocycles. The van der Waals surface area contributed by atoms with Crippen molar-refractivity contribution in [3.63, 3.8) is 0 Å². The summed E-state index contributed by atoms with van der Waals surface area (Å²) in [6, 6.07) is 16.7. The summed E-state index contributed by atoms with van der Waals surface area (Å²) >= 11 is 0. The lowest BCUT2D eigenvalue weighted by Gasteiger charge is -2.24. The molecule has 0 bridgehead atoms. The maximum absolute atomic E-state index is 13.2. The van der Waals surface area contributed by atoms with E-state index in [1.165, 1.54) is 4.90 Å². The third kappa shape index (κ3) is 4.41. The van der Waals surface area contributed by atoms with Crippen LogP contribution >= 0.6 is 0 Å². The van der Waals surface area contributed by atoms with Crippen molar-refractivity contribution < 1.29 is 28.6 Å². The number of methoxy groups -OCH3 is 1. The highest BCUT2D eigenvalue weighted by Gasteiger charge is 2.47. The summed E-state index contributed by atoms with van der Waals surface area (Å²) < 4.78 is 16.8. The van der Waals surface area contributed by atoms with Gasteiger partial charge in [-0.25, -0.2) is 0 Å². The van der Waals surface area contributed by atoms with E-state index in [1.807, 2.05) is 25.1 Å². The zero-order valence-electron chi connectivity index (χ0n) is 19.4. The van der Waals surface area contributed by atoms with Crippen LogP contribution in [0.2, 0.25) is 0 Å². The molecule has 1 amide bonds. The lowest BCUT2D eigenvalue weighted by atomic mass is 9.99. The number of hydrogen-bond donors (Lipinski definition) is 1. The van der Waals surface area contributed by atoms with Gasteiger partial charge >= 0.3 is 0 Å². The number of nitrogens with zero attached hydrogens (tertiary/aromatic N) is 1. The molecule has 7 nitrogen and oxygen atoms in total. The molecule has 0 saturated carbocycles. The normalized spacial score (nSPS) is 17.3. The SMILES string of the molecule is CCCOc1ccc(/C(O)=C2\C(=O)C(=O)N(Cc3ccccc3OC)C2c2ccc(C)o2)cc1. The number of carbonyl (C=O) groups excluding carboxylic acids is 2. The van der Waals surface area contributed by atoms with Crippen LogP contribution in [0.3, 0.4) is 0 Å². The highest BCUT2D eigenvalue weighted by molar-refractivity contribution is 6.46. The number of likely N-dealkylation sites (tertiary alicyclic amines) is 1. The number of hydrogen-bond acceptors (Lipinski definition) is 6. The Labute approximate surface area is 198 Å². The van der Waals surface area contributed by atoms with Crippen molar-refractivity contribution >= 4 is 17.4 Å². The predicted molar refractivity (Wildman–Crippen MR) is 127 cm³/mol. The van der Waals surface area contributed by atoms with E-state index in [-0.39, 0.29) is 17.9 Å². The molecular weight excluding hydrogens is 434 g/mol. The molecule has 1 aliphatic heterocycles. The number of aliphatic hydroxyl groups is 1. The fraction of sp³-hybridized carbons (Fsp3) is 0.259. The first-order chi connectivity index (χ1) is 16.4. The molecule has 1 aromatic heterocycles. The summed E-state index contributed by atoms with van der Waals surface area (Å²) in [5, 5.41) is 11.2. The van der Waals surface area contributed by atoms with Crippen molar-refractivity contribution in [1.29, 1.82) is 0 Å². The van der Waals surface area contributed by atoms with Crippen molar-refractivity contribution in [3.05, 3.63) is 88.9 Å². The van der Waals surface area contributed by atoms with E-state index in [0.717, 1.165) is 12.0 Å². The number of para-hydroxylation sites is 1. The Bertz CT molecular complexity index is 1220. The minimum absolute atomic E-state index is 0.0172. The maximum atomic E-state index is 13.2. The number of aryl methyl sites for hydroxylation is 1. The second kappa shape index (κ2) is 9.87. The average Bonchev–Trinajstić information content (AvgIpc) is 3.39. The molecule has 1 saturated heterocycles. The lowest BCUT2D eigenvalue weighted by Crippen LogP contribution is -2.29. The van der Waals surface area contributed by atoms with Gasteiger partial charge in [0.25, 0.3) is 11.7 Å². The van der Waals surface area contributed by atoms with Gasteiger partial charge in [0.2, 0.25) is 0 Å². The molecule has 1 aliphatic rings. The Balaban J connectivity index is 1.78. The van der Waals surface area contributed by atoms with Gasteiger partial charge in [0.15, 0.2) is 0 Å². The van der Waals surface area contributed by atoms with Crippen LogP contribution in [0.4, 0.5) is 0 Å². The number of furan rings is 1. The van der Waals surface area contributed by atoms with Gasteiger partial charge in [-0.05, 0) is 55.8 Å². The van der Waals surface area contributed by atoms with Gasteiger partial charge in [0.05, 0.1) is 25.8 Å². The van der Waals surface area contributed by atoms with Crippen molar-refractivity contribution in [2.45, 2.75) is 32.9 Å². The molecule has 2 aromatic carbocycles. The van der Waals surface area contributed by atoms with E-state index in [2.05, 4.69) is 0 Å². The fourth-order valence-electron chi connectivity index (χ4n) is 4.04. The summed E-state index contributed by atoms with van der Waals surface area (Å²) in [5.41, 5.74) is 1.13. The molecule has 1 N–H and O–H groups in total. The van der Waals surface area contributed by atoms with Crippen LogP contribution in [0.1, 0.15) is 42.0 Å². The second-order valence-corrected chi connectivity index (χ2v) is 8.06. The Morgan fingerprint density at radius 3 is 2.44 bits per heavy atom. The lowest BCUT2D eigenvalue weighted by molar-refractivity contribution is -0.140. The standard InChI is InChI=1S/C27H27NO6/c1-4-15-33-20-12-10-18(11-13-20)25(29)23-24(22-14-9-17(2)34-22)28(27(31)26(23)30)16-19-7-5-6-8-21(19)32-3/h5-14,24,29H,4,15-16H2,1-3H3/b25-23+. The molecule has 1 atom stereocenters. The van der Waals surface area contributed by atoms with Gasteiger partial charge in [0.1, 0.15) is 34.8 Å². The predicted octanol–water partition coefficient (Wildman–Crippen LogP) is 5.01. The molecule has 0 spiro atoms. The molecule has 7 heteroatoms. The molecule has 176 valence electrons. The molecule has 4 rings (SSSR count). The Hall–Kier alpha value is -4.00. The minimum Gasteiger partial charge on any atom is -0.507 e. The minimum atomic E-state index is -0.880. The zero-order chi connectivity index (χ0) is 24.2. The first-order valence-corrected chi connectivity index (χ1v) is 11.1. The Morgan fingerprint density at radius 1 is 1.06 bits per heavy atom. The summed E-state index contributed by atoms with van der Waals surface area (Å²) in [4.78, 5) is 27.7. The quantitative estimate of drug-likeness (QED) is 0.288. The van der Waals surface area contributed by atoms with Crippen molar-refractivity contribution in [2.75, 3.05) is 13.7 Å². The summed E-state index contributed by atoms with van der Waals surface area (Å²) in [7, 11) is 1.55. The molecule has 0 radical (unpaired) electrons. The van der Waals surface area contributed by atoms with Crippen molar-refractivity contribution in [3.8, 4) is 11.5 Å². The molecule has 3 aromatic rings. The fourth-order valence-corrected chi connectivity index (χ4v) is 4.04. The van der Waals surface area contributed by atoms with Crippen LogP contribution in [0, 0.1) is 6.92 Å². The Morgan fingerprint density at radius 2 is 1.79 bits per heavy atom. The average molecular weight is 462 g/mol. The number of rotatable bonds is 8. The molecule has 1 fully saturated rings. The van der Waals surface area contributed by atoms with Gasteiger partial charge in [0, 0.05) is 11.1 Å². The molecule has 0 aliphatic carbocycles. The Kier molecular flexibility index (Phi) is 6.72. The van der Waals surface area contributed by atoms with E-state index in [1.54, 1.807) is 56.5 Å². The van der Waals surface area contributed by atoms with Crippen LogP contribution < -0.4 is 9.47 Å². The van der Waals surface area contributed by atoms with Gasteiger partial charge in [-0.1, -0.05) is 25.1 Å². The van der Waals surface area contributed by atoms with Crippen LogP contribution in [-0.4, -0.2) is 35.4 Å². The maximum Gasteiger partial charge on any atom is 0.296 e. The van der Waals surface area contributed by atoms with Gasteiger partial charge < -0.3 is 23.9 Å². The number of carbonyl (C=O) groups is 2. The summed E-state index contributed by atoms with van der Waals surface area (Å²) in [6.45, 7) is 4.49. The van der Waals surface area contributed by atoms with Gasteiger partial charge in [-0.2, -0.15) is 0 Å². The smallest absolute Gasteiger partial charge is 0.296 e. The number of ether oxygens (including phenoxy) is 2. The second-order valence-electron chi connectivity index (χ2n) is 8.06. The topological polar surface area (TPSA) is 89.2 Å². The molecule has 1 unspecified atom stereocenters. The van der Waals surface area contributed by atoms with Crippen LogP contribution in [0.5, 0.6) is 11.5 Å². The van der Waals surface area contributed by atoms with E-state index >= 15 is 0 Å². The zero-order valence-corrected chi connectivity index (χ0v) is 19.4. The number of aliphatic hydroxyl groups excluding tert-OH is 1. The third-order valence-electron chi connectivity index (χ3n) is 5.70. The van der Waals surface area contributed by atoms with E-state index in [4.69, 9.17) is 13.9 Å². The molecular formula is C27H27NO6. The number of Topliss-reactive ketones (excluding diaryl/α,β-unsaturated/α-hetero) is 1.